The predicted molar refractivity (Wildman–Crippen MR) is 57.3 cm³/mol. The number of aliphatic carboxylic acids is 1. The summed E-state index contributed by atoms with van der Waals surface area (Å²) < 4.78 is 0. The maximum absolute atomic E-state index is 10.4. The first-order chi connectivity index (χ1) is 6.07. The Hall–Kier alpha value is -0.480. The number of hydrogen-bond acceptors (Lipinski definition) is 3. The Balaban J connectivity index is 3.73. The minimum atomic E-state index is -0.835. The van der Waals surface area contributed by atoms with Crippen molar-refractivity contribution < 1.29 is 9.90 Å². The van der Waals surface area contributed by atoms with Gasteiger partial charge in [0.1, 0.15) is 0 Å². The van der Waals surface area contributed by atoms with Crippen LogP contribution >= 0.6 is 11.8 Å². The first-order valence-corrected chi connectivity index (χ1v) is 5.55. The maximum Gasteiger partial charge on any atom is 0.330 e. The second-order valence-corrected chi connectivity index (χ2v) is 3.93. The van der Waals surface area contributed by atoms with Crippen LogP contribution in [0.15, 0.2) is 11.6 Å². The lowest BCUT2D eigenvalue weighted by Crippen LogP contribution is -2.21. The van der Waals surface area contributed by atoms with Gasteiger partial charge in [-0.1, -0.05) is 6.08 Å². The van der Waals surface area contributed by atoms with Crippen LogP contribution in [0.25, 0.3) is 0 Å². The summed E-state index contributed by atoms with van der Waals surface area (Å²) in [6, 6.07) is 0. The number of hydrogen-bond donors (Lipinski definition) is 1. The molecule has 0 fully saturated rings. The molecule has 0 aliphatic rings. The summed E-state index contributed by atoms with van der Waals surface area (Å²) in [4.78, 5) is 12.5. The third kappa shape index (κ3) is 6.66. The van der Waals surface area contributed by atoms with E-state index >= 15 is 0 Å². The number of carboxylic acid groups (broad SMARTS) is 1. The van der Waals surface area contributed by atoms with Crippen LogP contribution in [0.5, 0.6) is 0 Å². The van der Waals surface area contributed by atoms with Crippen molar-refractivity contribution in [2.24, 2.45) is 0 Å². The number of carboxylic acids is 1. The predicted octanol–water partition coefficient (Wildman–Crippen LogP) is 1.31. The fourth-order valence-corrected chi connectivity index (χ4v) is 1.21. The Bertz CT molecular complexity index is 192. The summed E-state index contributed by atoms with van der Waals surface area (Å²) >= 11 is 1.79. The molecule has 0 aromatic rings. The van der Waals surface area contributed by atoms with Gasteiger partial charge in [-0.15, -0.1) is 0 Å². The Morgan fingerprint density at radius 2 is 2.23 bits per heavy atom. The number of carbonyl (C=O) groups is 1. The van der Waals surface area contributed by atoms with Crippen molar-refractivity contribution in [2.75, 3.05) is 32.1 Å². The highest BCUT2D eigenvalue weighted by Crippen LogP contribution is 1.96. The second-order valence-electron chi connectivity index (χ2n) is 2.95. The van der Waals surface area contributed by atoms with Gasteiger partial charge in [0.15, 0.2) is 0 Å². The molecule has 0 aliphatic carbocycles. The molecule has 13 heavy (non-hydrogen) atoms. The molecule has 0 amide bonds. The van der Waals surface area contributed by atoms with Gasteiger partial charge in [0.2, 0.25) is 0 Å². The van der Waals surface area contributed by atoms with Crippen molar-refractivity contribution in [3.05, 3.63) is 11.6 Å². The lowest BCUT2D eigenvalue weighted by Gasteiger charge is -2.13. The van der Waals surface area contributed by atoms with Gasteiger partial charge >= 0.3 is 5.97 Å². The van der Waals surface area contributed by atoms with Crippen molar-refractivity contribution in [1.29, 1.82) is 0 Å². The van der Waals surface area contributed by atoms with E-state index in [0.29, 0.717) is 12.1 Å². The van der Waals surface area contributed by atoms with E-state index in [-0.39, 0.29) is 0 Å². The van der Waals surface area contributed by atoms with Crippen molar-refractivity contribution in [3.8, 4) is 0 Å². The van der Waals surface area contributed by atoms with Crippen molar-refractivity contribution in [1.82, 2.24) is 4.90 Å². The highest BCUT2D eigenvalue weighted by Gasteiger charge is 2.00. The average molecular weight is 203 g/mol. The summed E-state index contributed by atoms with van der Waals surface area (Å²) in [7, 11) is 1.99. The highest BCUT2D eigenvalue weighted by molar-refractivity contribution is 7.98. The number of nitrogens with zero attached hydrogens (tertiary/aromatic N) is 1. The first-order valence-electron chi connectivity index (χ1n) is 4.15. The van der Waals surface area contributed by atoms with Gasteiger partial charge in [-0.25, -0.2) is 4.79 Å². The third-order valence-corrected chi connectivity index (χ3v) is 2.31. The molecule has 0 saturated carbocycles. The normalized spacial score (nSPS) is 12.2. The Kier molecular flexibility index (Phi) is 6.72. The van der Waals surface area contributed by atoms with E-state index < -0.39 is 5.97 Å². The molecule has 0 saturated heterocycles. The minimum absolute atomic E-state index is 0.413. The number of likely N-dealkylation sites (N-methyl/N-ethyl adjacent to an activating group) is 1. The molecule has 0 spiro atoms. The van der Waals surface area contributed by atoms with Gasteiger partial charge in [0.05, 0.1) is 0 Å². The van der Waals surface area contributed by atoms with Gasteiger partial charge in [0.25, 0.3) is 0 Å². The SMILES string of the molecule is CSCCN(C)C/C=C(/C)C(=O)O. The van der Waals surface area contributed by atoms with E-state index in [4.69, 9.17) is 5.11 Å². The molecule has 0 aromatic heterocycles. The fourth-order valence-electron chi connectivity index (χ4n) is 0.718. The molecule has 0 rings (SSSR count). The number of thioether (sulfide) groups is 1. The smallest absolute Gasteiger partial charge is 0.330 e. The largest absolute Gasteiger partial charge is 0.478 e. The summed E-state index contributed by atoms with van der Waals surface area (Å²) in [5.74, 6) is 0.245. The van der Waals surface area contributed by atoms with Crippen LogP contribution in [-0.2, 0) is 4.79 Å². The molecule has 0 aromatic carbocycles. The molecule has 0 aliphatic heterocycles. The quantitative estimate of drug-likeness (QED) is 0.661. The Morgan fingerprint density at radius 1 is 1.62 bits per heavy atom. The van der Waals surface area contributed by atoms with E-state index in [1.165, 1.54) is 0 Å². The molecule has 1 N–H and O–H groups in total. The molecule has 4 heteroatoms. The highest BCUT2D eigenvalue weighted by atomic mass is 32.2. The molecule has 0 atom stereocenters. The van der Waals surface area contributed by atoms with Crippen LogP contribution in [0.4, 0.5) is 0 Å². The molecule has 0 radical (unpaired) electrons. The van der Waals surface area contributed by atoms with Crippen LogP contribution in [0, 0.1) is 0 Å². The van der Waals surface area contributed by atoms with Crippen molar-refractivity contribution in [2.45, 2.75) is 6.92 Å². The van der Waals surface area contributed by atoms with Gasteiger partial charge in [-0.3, -0.25) is 0 Å². The van der Waals surface area contributed by atoms with Crippen LogP contribution < -0.4 is 0 Å². The standard InChI is InChI=1S/C9H17NO2S/c1-8(9(11)12)4-5-10(2)6-7-13-3/h4H,5-7H2,1-3H3,(H,11,12)/b8-4-. The molecular weight excluding hydrogens is 186 g/mol. The van der Waals surface area contributed by atoms with Crippen LogP contribution in [-0.4, -0.2) is 48.1 Å². The average Bonchev–Trinajstić information content (AvgIpc) is 2.10. The monoisotopic (exact) mass is 203 g/mol. The van der Waals surface area contributed by atoms with Crippen molar-refractivity contribution >= 4 is 17.7 Å². The molecule has 0 bridgehead atoms. The zero-order valence-electron chi connectivity index (χ0n) is 8.41. The topological polar surface area (TPSA) is 40.5 Å². The summed E-state index contributed by atoms with van der Waals surface area (Å²) in [5.41, 5.74) is 0.413. The van der Waals surface area contributed by atoms with E-state index in [0.717, 1.165) is 12.3 Å². The lowest BCUT2D eigenvalue weighted by molar-refractivity contribution is -0.132. The Morgan fingerprint density at radius 3 is 2.69 bits per heavy atom. The maximum atomic E-state index is 10.4. The van der Waals surface area contributed by atoms with Crippen LogP contribution in [0.2, 0.25) is 0 Å². The zero-order chi connectivity index (χ0) is 10.3. The molecular formula is C9H17NO2S. The van der Waals surface area contributed by atoms with Crippen LogP contribution in [0.3, 0.4) is 0 Å². The second kappa shape index (κ2) is 6.97. The fraction of sp³-hybridized carbons (Fsp3) is 0.667. The van der Waals surface area contributed by atoms with Gasteiger partial charge in [-0.05, 0) is 20.2 Å². The van der Waals surface area contributed by atoms with Gasteiger partial charge < -0.3 is 10.0 Å². The summed E-state index contributed by atoms with van der Waals surface area (Å²) in [6.07, 6.45) is 3.80. The molecule has 76 valence electrons. The lowest BCUT2D eigenvalue weighted by atomic mass is 10.3. The van der Waals surface area contributed by atoms with E-state index in [1.54, 1.807) is 24.8 Å². The molecule has 3 nitrogen and oxygen atoms in total. The summed E-state index contributed by atoms with van der Waals surface area (Å²) in [6.45, 7) is 3.31. The van der Waals surface area contributed by atoms with Gasteiger partial charge in [0, 0.05) is 24.4 Å². The number of rotatable bonds is 6. The van der Waals surface area contributed by atoms with E-state index in [9.17, 15) is 4.79 Å². The molecule has 0 heterocycles. The van der Waals surface area contributed by atoms with E-state index in [1.807, 2.05) is 7.05 Å². The van der Waals surface area contributed by atoms with E-state index in [2.05, 4.69) is 11.2 Å². The van der Waals surface area contributed by atoms with Crippen LogP contribution in [0.1, 0.15) is 6.92 Å². The third-order valence-electron chi connectivity index (χ3n) is 1.72. The first kappa shape index (κ1) is 12.5. The van der Waals surface area contributed by atoms with Crippen molar-refractivity contribution in [3.63, 3.8) is 0 Å². The zero-order valence-corrected chi connectivity index (χ0v) is 9.23. The minimum Gasteiger partial charge on any atom is -0.478 e. The molecule has 0 unspecified atom stereocenters. The Labute approximate surface area is 83.8 Å². The summed E-state index contributed by atoms with van der Waals surface area (Å²) in [5, 5.41) is 8.58. The van der Waals surface area contributed by atoms with Gasteiger partial charge in [-0.2, -0.15) is 11.8 Å².